The van der Waals surface area contributed by atoms with Crippen LogP contribution in [0.2, 0.25) is 0 Å². The lowest BCUT2D eigenvalue weighted by molar-refractivity contribution is -0.384. The molecular formula is C13H9N3O2. The Hall–Kier alpha value is -2.78. The van der Waals surface area contributed by atoms with Crippen LogP contribution in [-0.4, -0.2) is 15.9 Å². The van der Waals surface area contributed by atoms with Gasteiger partial charge in [-0.05, 0) is 16.9 Å². The fraction of sp³-hybridized carbons (Fsp3) is 0. The first-order valence-electron chi connectivity index (χ1n) is 5.22. The summed E-state index contributed by atoms with van der Waals surface area (Å²) in [5, 5.41) is 14.3. The molecule has 0 N–H and O–H groups in total. The average Bonchev–Trinajstić information content (AvgIpc) is 2.40. The summed E-state index contributed by atoms with van der Waals surface area (Å²) in [7, 11) is 0. The Morgan fingerprint density at radius 2 is 1.72 bits per heavy atom. The van der Waals surface area contributed by atoms with Gasteiger partial charge in [0.25, 0.3) is 5.69 Å². The van der Waals surface area contributed by atoms with Crippen LogP contribution in [0.15, 0.2) is 59.7 Å². The van der Waals surface area contributed by atoms with Gasteiger partial charge in [0, 0.05) is 12.1 Å². The summed E-state index contributed by atoms with van der Waals surface area (Å²) in [5.41, 5.74) is 1.40. The molecule has 0 saturated heterocycles. The van der Waals surface area contributed by atoms with Gasteiger partial charge in [0.1, 0.15) is 10.8 Å². The van der Waals surface area contributed by atoms with Crippen molar-refractivity contribution >= 4 is 17.6 Å². The van der Waals surface area contributed by atoms with Gasteiger partial charge in [-0.25, -0.2) is 0 Å². The molecule has 0 fully saturated rings. The van der Waals surface area contributed by atoms with Crippen LogP contribution in [0.5, 0.6) is 0 Å². The molecule has 0 radical (unpaired) electrons. The van der Waals surface area contributed by atoms with E-state index < -0.39 is 4.92 Å². The Balaban J connectivity index is 2.14. The number of nitro groups is 1. The molecule has 0 aliphatic heterocycles. The van der Waals surface area contributed by atoms with Crippen molar-refractivity contribution in [2.24, 2.45) is 5.11 Å². The predicted octanol–water partition coefficient (Wildman–Crippen LogP) is 2.88. The monoisotopic (exact) mass is 239 g/mol. The second-order valence-electron chi connectivity index (χ2n) is 3.45. The average molecular weight is 239 g/mol. The zero-order valence-electron chi connectivity index (χ0n) is 9.35. The fourth-order valence-corrected chi connectivity index (χ4v) is 1.29. The molecule has 5 nitrogen and oxygen atoms in total. The van der Waals surface area contributed by atoms with Gasteiger partial charge in [-0.15, -0.1) is 17.7 Å². The smallest absolute Gasteiger partial charge is 0.258 e. The SMILES string of the molecule is O=[N+]([O-])c1ccc(N=[N+]=[C-]c2ccccc2)cc1. The van der Waals surface area contributed by atoms with E-state index in [9.17, 15) is 10.1 Å². The molecule has 2 aromatic rings. The van der Waals surface area contributed by atoms with Crippen LogP contribution in [0.1, 0.15) is 5.56 Å². The third kappa shape index (κ3) is 3.10. The number of nitrogens with zero attached hydrogens (tertiary/aromatic N) is 3. The summed E-state index contributed by atoms with van der Waals surface area (Å²) < 4.78 is 0. The number of benzene rings is 2. The molecular weight excluding hydrogens is 230 g/mol. The van der Waals surface area contributed by atoms with E-state index in [1.807, 2.05) is 30.3 Å². The van der Waals surface area contributed by atoms with E-state index >= 15 is 0 Å². The highest BCUT2D eigenvalue weighted by atomic mass is 16.6. The van der Waals surface area contributed by atoms with Gasteiger partial charge in [0.2, 0.25) is 0 Å². The first kappa shape index (κ1) is 11.7. The van der Waals surface area contributed by atoms with Crippen LogP contribution in [0.4, 0.5) is 11.4 Å². The number of non-ortho nitro benzene ring substituents is 1. The highest BCUT2D eigenvalue weighted by Crippen LogP contribution is 2.16. The Morgan fingerprint density at radius 1 is 1.06 bits per heavy atom. The summed E-state index contributed by atoms with van der Waals surface area (Å²) in [6.45, 7) is 0. The Bertz CT molecular complexity index is 600. The Kier molecular flexibility index (Phi) is 3.59. The summed E-state index contributed by atoms with van der Waals surface area (Å²) in [4.78, 5) is 13.8. The Morgan fingerprint density at radius 3 is 2.33 bits per heavy atom. The van der Waals surface area contributed by atoms with Crippen molar-refractivity contribution in [2.45, 2.75) is 0 Å². The molecule has 0 atom stereocenters. The molecule has 0 bridgehead atoms. The van der Waals surface area contributed by atoms with E-state index in [1.165, 1.54) is 24.3 Å². The first-order chi connectivity index (χ1) is 8.75. The van der Waals surface area contributed by atoms with E-state index in [-0.39, 0.29) is 5.69 Å². The van der Waals surface area contributed by atoms with Crippen LogP contribution >= 0.6 is 0 Å². The van der Waals surface area contributed by atoms with Crippen molar-refractivity contribution in [1.29, 1.82) is 0 Å². The Labute approximate surface area is 103 Å². The van der Waals surface area contributed by atoms with Crippen molar-refractivity contribution in [2.75, 3.05) is 0 Å². The van der Waals surface area contributed by atoms with Gasteiger partial charge in [-0.1, -0.05) is 6.07 Å². The molecule has 2 aromatic carbocycles. The molecule has 0 heterocycles. The first-order valence-corrected chi connectivity index (χ1v) is 5.22. The van der Waals surface area contributed by atoms with Gasteiger partial charge in [-0.2, -0.15) is 12.1 Å². The van der Waals surface area contributed by atoms with E-state index in [0.29, 0.717) is 5.69 Å². The van der Waals surface area contributed by atoms with E-state index in [2.05, 4.69) is 16.1 Å². The number of nitro benzene ring substituents is 1. The molecule has 18 heavy (non-hydrogen) atoms. The molecule has 0 aromatic heterocycles. The lowest BCUT2D eigenvalue weighted by Crippen LogP contribution is -1.85. The predicted molar refractivity (Wildman–Crippen MR) is 66.0 cm³/mol. The second-order valence-corrected chi connectivity index (χ2v) is 3.45. The van der Waals surface area contributed by atoms with Gasteiger partial charge in [0.15, 0.2) is 0 Å². The minimum Gasteiger partial charge on any atom is -0.258 e. The number of hydrogen-bond acceptors (Lipinski definition) is 3. The largest absolute Gasteiger partial charge is 0.304 e. The summed E-state index contributed by atoms with van der Waals surface area (Å²) in [6.07, 6.45) is 2.75. The third-order valence-corrected chi connectivity index (χ3v) is 2.18. The van der Waals surface area contributed by atoms with Crippen LogP contribution in [0.3, 0.4) is 0 Å². The quantitative estimate of drug-likeness (QED) is 0.206. The molecule has 0 saturated carbocycles. The minimum absolute atomic E-state index is 0.0324. The number of rotatable bonds is 3. The minimum atomic E-state index is -0.455. The molecule has 0 unspecified atom stereocenters. The third-order valence-electron chi connectivity index (χ3n) is 2.18. The maximum absolute atomic E-state index is 10.5. The summed E-state index contributed by atoms with van der Waals surface area (Å²) in [6, 6.07) is 15.2. The van der Waals surface area contributed by atoms with E-state index in [4.69, 9.17) is 0 Å². The standard InChI is InChI=1S/C13H9N3O2/c17-16(18)13-8-6-12(7-9-13)15-14-10-11-4-2-1-3-5-11/h1-9H. The van der Waals surface area contributed by atoms with E-state index in [1.54, 1.807) is 0 Å². The normalized spacial score (nSPS) is 9.33. The van der Waals surface area contributed by atoms with Crippen molar-refractivity contribution in [3.8, 4) is 0 Å². The second kappa shape index (κ2) is 5.52. The summed E-state index contributed by atoms with van der Waals surface area (Å²) >= 11 is 0. The number of hydrogen-bond donors (Lipinski definition) is 0. The summed E-state index contributed by atoms with van der Waals surface area (Å²) in [5.74, 6) is 0. The maximum atomic E-state index is 10.5. The lowest BCUT2D eigenvalue weighted by Gasteiger charge is -1.89. The zero-order chi connectivity index (χ0) is 12.8. The lowest BCUT2D eigenvalue weighted by atomic mass is 10.2. The highest BCUT2D eigenvalue weighted by Gasteiger charge is 2.04. The topological polar surface area (TPSA) is 69.6 Å². The van der Waals surface area contributed by atoms with Crippen molar-refractivity contribution < 1.29 is 9.71 Å². The van der Waals surface area contributed by atoms with Gasteiger partial charge >= 0.3 is 6.21 Å². The van der Waals surface area contributed by atoms with Gasteiger partial charge in [-0.3, -0.25) is 10.1 Å². The molecule has 88 valence electrons. The van der Waals surface area contributed by atoms with Crippen molar-refractivity contribution in [3.63, 3.8) is 0 Å². The molecule has 2 rings (SSSR count). The molecule has 5 heteroatoms. The van der Waals surface area contributed by atoms with Gasteiger partial charge < -0.3 is 0 Å². The molecule has 0 aliphatic rings. The molecule has 0 aliphatic carbocycles. The van der Waals surface area contributed by atoms with Crippen LogP contribution < -0.4 is 0 Å². The maximum Gasteiger partial charge on any atom is 0.304 e. The van der Waals surface area contributed by atoms with E-state index in [0.717, 1.165) is 5.56 Å². The molecule has 0 spiro atoms. The zero-order valence-corrected chi connectivity index (χ0v) is 9.35. The fourth-order valence-electron chi connectivity index (χ4n) is 1.29. The molecule has 0 amide bonds. The van der Waals surface area contributed by atoms with Crippen LogP contribution in [0, 0.1) is 10.1 Å². The van der Waals surface area contributed by atoms with Crippen LogP contribution in [-0.2, 0) is 0 Å². The van der Waals surface area contributed by atoms with Crippen molar-refractivity contribution in [1.82, 2.24) is 0 Å². The van der Waals surface area contributed by atoms with Crippen LogP contribution in [0.25, 0.3) is 0 Å². The van der Waals surface area contributed by atoms with Gasteiger partial charge in [0.05, 0.1) is 4.92 Å². The highest BCUT2D eigenvalue weighted by molar-refractivity contribution is 5.74. The van der Waals surface area contributed by atoms with Crippen molar-refractivity contribution in [3.05, 3.63) is 70.3 Å².